The number of amides is 1. The van der Waals surface area contributed by atoms with Crippen molar-refractivity contribution < 1.29 is 14.1 Å². The molecule has 1 aliphatic carbocycles. The van der Waals surface area contributed by atoms with Gasteiger partial charge in [-0.3, -0.25) is 4.79 Å². The van der Waals surface area contributed by atoms with E-state index in [0.717, 1.165) is 18.4 Å². The first-order valence-corrected chi connectivity index (χ1v) is 8.48. The standard InChI is InChI=1S/C18H23N3O3/c1-12(2)17-20-18(24-21-17)13-6-5-9-15(10-13)23-11-16(22)19-14-7-3-4-8-14/h5-6,9-10,12,14H,3-4,7-8,11H2,1-2H3,(H,19,22). The summed E-state index contributed by atoms with van der Waals surface area (Å²) in [5, 5.41) is 6.97. The van der Waals surface area contributed by atoms with Crippen LogP contribution in [0.3, 0.4) is 0 Å². The van der Waals surface area contributed by atoms with Crippen LogP contribution in [0.5, 0.6) is 5.75 Å². The Morgan fingerprint density at radius 3 is 2.88 bits per heavy atom. The maximum absolute atomic E-state index is 11.9. The molecule has 2 aromatic rings. The van der Waals surface area contributed by atoms with Crippen molar-refractivity contribution >= 4 is 5.91 Å². The molecule has 24 heavy (non-hydrogen) atoms. The molecule has 1 N–H and O–H groups in total. The fourth-order valence-corrected chi connectivity index (χ4v) is 2.79. The normalized spacial score (nSPS) is 15.0. The van der Waals surface area contributed by atoms with E-state index < -0.39 is 0 Å². The molecular formula is C18H23N3O3. The molecule has 6 heteroatoms. The molecule has 1 amide bonds. The Balaban J connectivity index is 1.59. The average molecular weight is 329 g/mol. The van der Waals surface area contributed by atoms with Gasteiger partial charge in [-0.15, -0.1) is 0 Å². The van der Waals surface area contributed by atoms with Crippen LogP contribution in [0.2, 0.25) is 0 Å². The summed E-state index contributed by atoms with van der Waals surface area (Å²) in [5.41, 5.74) is 0.781. The van der Waals surface area contributed by atoms with Gasteiger partial charge in [-0.05, 0) is 31.0 Å². The van der Waals surface area contributed by atoms with Crippen LogP contribution in [0, 0.1) is 0 Å². The van der Waals surface area contributed by atoms with E-state index >= 15 is 0 Å². The van der Waals surface area contributed by atoms with Crippen LogP contribution in [0.15, 0.2) is 28.8 Å². The molecule has 1 aliphatic rings. The number of aromatic nitrogens is 2. The van der Waals surface area contributed by atoms with Gasteiger partial charge < -0.3 is 14.6 Å². The van der Waals surface area contributed by atoms with Crippen LogP contribution in [0.1, 0.15) is 51.3 Å². The van der Waals surface area contributed by atoms with Crippen LogP contribution in [0.4, 0.5) is 0 Å². The molecule has 1 heterocycles. The zero-order valence-electron chi connectivity index (χ0n) is 14.1. The number of carbonyl (C=O) groups is 1. The number of rotatable bonds is 6. The molecule has 0 aliphatic heterocycles. The van der Waals surface area contributed by atoms with Crippen LogP contribution in [-0.4, -0.2) is 28.7 Å². The molecule has 0 atom stereocenters. The topological polar surface area (TPSA) is 77.2 Å². The Kier molecular flexibility index (Phi) is 5.13. The Hall–Kier alpha value is -2.37. The molecule has 1 aromatic heterocycles. The van der Waals surface area contributed by atoms with E-state index in [1.165, 1.54) is 12.8 Å². The quantitative estimate of drug-likeness (QED) is 0.880. The molecule has 3 rings (SSSR count). The summed E-state index contributed by atoms with van der Waals surface area (Å²) in [7, 11) is 0. The lowest BCUT2D eigenvalue weighted by Gasteiger charge is -2.12. The molecular weight excluding hydrogens is 306 g/mol. The molecule has 6 nitrogen and oxygen atoms in total. The highest BCUT2D eigenvalue weighted by Crippen LogP contribution is 2.24. The summed E-state index contributed by atoms with van der Waals surface area (Å²) in [5.74, 6) is 1.87. The molecule has 0 spiro atoms. The monoisotopic (exact) mass is 329 g/mol. The molecule has 1 fully saturated rings. The van der Waals surface area contributed by atoms with Gasteiger partial charge in [-0.1, -0.05) is 37.9 Å². The van der Waals surface area contributed by atoms with E-state index in [1.807, 2.05) is 32.0 Å². The summed E-state index contributed by atoms with van der Waals surface area (Å²) in [4.78, 5) is 16.3. The van der Waals surface area contributed by atoms with Crippen molar-refractivity contribution in [3.63, 3.8) is 0 Å². The van der Waals surface area contributed by atoms with Crippen molar-refractivity contribution in [2.75, 3.05) is 6.61 Å². The van der Waals surface area contributed by atoms with E-state index in [0.29, 0.717) is 23.5 Å². The number of ether oxygens (including phenoxy) is 1. The van der Waals surface area contributed by atoms with Crippen LogP contribution in [-0.2, 0) is 4.79 Å². The van der Waals surface area contributed by atoms with Crippen molar-refractivity contribution in [1.29, 1.82) is 0 Å². The predicted octanol–water partition coefficient (Wildman–Crippen LogP) is 3.30. The van der Waals surface area contributed by atoms with Gasteiger partial charge in [0.15, 0.2) is 12.4 Å². The lowest BCUT2D eigenvalue weighted by atomic mass is 10.2. The largest absolute Gasteiger partial charge is 0.484 e. The summed E-state index contributed by atoms with van der Waals surface area (Å²) in [6.07, 6.45) is 4.51. The molecule has 1 saturated carbocycles. The SMILES string of the molecule is CC(C)c1noc(-c2cccc(OCC(=O)NC3CCCC3)c2)n1. The van der Waals surface area contributed by atoms with Gasteiger partial charge >= 0.3 is 0 Å². The molecule has 0 bridgehead atoms. The first-order valence-electron chi connectivity index (χ1n) is 8.48. The second-order valence-corrected chi connectivity index (χ2v) is 6.48. The van der Waals surface area contributed by atoms with Gasteiger partial charge in [-0.2, -0.15) is 4.98 Å². The van der Waals surface area contributed by atoms with E-state index in [1.54, 1.807) is 6.07 Å². The van der Waals surface area contributed by atoms with Crippen LogP contribution in [0.25, 0.3) is 11.5 Å². The summed E-state index contributed by atoms with van der Waals surface area (Å²) in [6.45, 7) is 4.04. The molecule has 128 valence electrons. The summed E-state index contributed by atoms with van der Waals surface area (Å²) < 4.78 is 10.9. The van der Waals surface area contributed by atoms with E-state index in [4.69, 9.17) is 9.26 Å². The minimum absolute atomic E-state index is 0.0149. The van der Waals surface area contributed by atoms with Crippen LogP contribution >= 0.6 is 0 Å². The molecule has 0 radical (unpaired) electrons. The first-order chi connectivity index (χ1) is 11.6. The number of hydrogen-bond acceptors (Lipinski definition) is 5. The zero-order chi connectivity index (χ0) is 16.9. The zero-order valence-corrected chi connectivity index (χ0v) is 14.1. The van der Waals surface area contributed by atoms with Gasteiger partial charge in [0, 0.05) is 17.5 Å². The van der Waals surface area contributed by atoms with Crippen molar-refractivity contribution in [2.45, 2.75) is 51.5 Å². The lowest BCUT2D eigenvalue weighted by molar-refractivity contribution is -0.123. The van der Waals surface area contributed by atoms with Crippen molar-refractivity contribution in [3.05, 3.63) is 30.1 Å². The smallest absolute Gasteiger partial charge is 0.258 e. The Morgan fingerprint density at radius 2 is 2.17 bits per heavy atom. The van der Waals surface area contributed by atoms with Gasteiger partial charge in [-0.25, -0.2) is 0 Å². The number of nitrogens with one attached hydrogen (secondary N) is 1. The van der Waals surface area contributed by atoms with E-state index in [2.05, 4.69) is 15.5 Å². The maximum Gasteiger partial charge on any atom is 0.258 e. The Bertz CT molecular complexity index is 690. The van der Waals surface area contributed by atoms with Gasteiger partial charge in [0.25, 0.3) is 11.8 Å². The predicted molar refractivity (Wildman–Crippen MR) is 89.7 cm³/mol. The maximum atomic E-state index is 11.9. The average Bonchev–Trinajstić information content (AvgIpc) is 3.25. The molecule has 0 unspecified atom stereocenters. The van der Waals surface area contributed by atoms with Crippen molar-refractivity contribution in [2.24, 2.45) is 0 Å². The van der Waals surface area contributed by atoms with Crippen molar-refractivity contribution in [1.82, 2.24) is 15.5 Å². The second-order valence-electron chi connectivity index (χ2n) is 6.48. The molecule has 1 aromatic carbocycles. The minimum Gasteiger partial charge on any atom is -0.484 e. The first kappa shape index (κ1) is 16.5. The number of hydrogen-bond donors (Lipinski definition) is 1. The van der Waals surface area contributed by atoms with Crippen LogP contribution < -0.4 is 10.1 Å². The summed E-state index contributed by atoms with van der Waals surface area (Å²) in [6, 6.07) is 7.65. The van der Waals surface area contributed by atoms with Gasteiger partial charge in [0.2, 0.25) is 0 Å². The number of benzene rings is 1. The highest BCUT2D eigenvalue weighted by molar-refractivity contribution is 5.77. The van der Waals surface area contributed by atoms with E-state index in [-0.39, 0.29) is 18.4 Å². The van der Waals surface area contributed by atoms with Gasteiger partial charge in [0.05, 0.1) is 0 Å². The Morgan fingerprint density at radius 1 is 1.38 bits per heavy atom. The molecule has 0 saturated heterocycles. The highest BCUT2D eigenvalue weighted by atomic mass is 16.5. The lowest BCUT2D eigenvalue weighted by Crippen LogP contribution is -2.36. The Labute approximate surface area is 141 Å². The second kappa shape index (κ2) is 7.47. The number of nitrogens with zero attached hydrogens (tertiary/aromatic N) is 2. The minimum atomic E-state index is -0.0767. The van der Waals surface area contributed by atoms with Crippen molar-refractivity contribution in [3.8, 4) is 17.2 Å². The third-order valence-corrected chi connectivity index (χ3v) is 4.13. The fraction of sp³-hybridized carbons (Fsp3) is 0.500. The van der Waals surface area contributed by atoms with E-state index in [9.17, 15) is 4.79 Å². The highest BCUT2D eigenvalue weighted by Gasteiger charge is 2.17. The summed E-state index contributed by atoms with van der Waals surface area (Å²) >= 11 is 0. The third-order valence-electron chi connectivity index (χ3n) is 4.13. The third kappa shape index (κ3) is 4.13. The number of carbonyl (C=O) groups excluding carboxylic acids is 1. The van der Waals surface area contributed by atoms with Gasteiger partial charge in [0.1, 0.15) is 5.75 Å². The fourth-order valence-electron chi connectivity index (χ4n) is 2.79.